The molecule has 0 saturated heterocycles. The van der Waals surface area contributed by atoms with Crippen molar-refractivity contribution >= 4 is 27.2 Å². The van der Waals surface area contributed by atoms with E-state index < -0.39 is 0 Å². The number of nitrogens with one attached hydrogen (secondary N) is 1. The zero-order valence-corrected chi connectivity index (χ0v) is 11.6. The molecular formula is C13H14N4OS. The van der Waals surface area contributed by atoms with E-state index in [2.05, 4.69) is 26.6 Å². The summed E-state index contributed by atoms with van der Waals surface area (Å²) in [4.78, 5) is 4.44. The molecule has 1 aromatic carbocycles. The molecule has 0 aliphatic carbocycles. The number of rotatable bonds is 4. The molecule has 0 unspecified atom stereocenters. The van der Waals surface area contributed by atoms with Crippen LogP contribution in [-0.4, -0.2) is 15.2 Å². The lowest BCUT2D eigenvalue weighted by molar-refractivity contribution is 0.460. The topological polar surface area (TPSA) is 63.8 Å². The molecule has 0 bridgehead atoms. The number of thiazole rings is 1. The minimum Gasteiger partial charge on any atom is -0.423 e. The molecule has 0 fully saturated rings. The number of fused-ring (bicyclic) bond motifs is 1. The molecule has 1 N–H and O–H groups in total. The van der Waals surface area contributed by atoms with Crippen LogP contribution in [0.3, 0.4) is 0 Å². The molecule has 6 heteroatoms. The number of aromatic nitrogens is 3. The summed E-state index contributed by atoms with van der Waals surface area (Å²) in [7, 11) is 0. The minimum absolute atomic E-state index is 0.538. The van der Waals surface area contributed by atoms with E-state index in [4.69, 9.17) is 4.42 Å². The fraction of sp³-hybridized carbons (Fsp3) is 0.308. The first-order valence-electron chi connectivity index (χ1n) is 6.17. The van der Waals surface area contributed by atoms with E-state index >= 15 is 0 Å². The second-order valence-corrected chi connectivity index (χ2v) is 5.45. The Labute approximate surface area is 114 Å². The highest BCUT2D eigenvalue weighted by molar-refractivity contribution is 7.18. The van der Waals surface area contributed by atoms with Gasteiger partial charge in [0.25, 0.3) is 0 Å². The van der Waals surface area contributed by atoms with E-state index in [1.165, 1.54) is 4.70 Å². The molecular weight excluding hydrogens is 260 g/mol. The van der Waals surface area contributed by atoms with Crippen molar-refractivity contribution in [2.24, 2.45) is 0 Å². The van der Waals surface area contributed by atoms with Crippen LogP contribution >= 0.6 is 11.3 Å². The highest BCUT2D eigenvalue weighted by atomic mass is 32.1. The molecule has 0 saturated carbocycles. The van der Waals surface area contributed by atoms with Crippen molar-refractivity contribution in [3.8, 4) is 0 Å². The minimum atomic E-state index is 0.538. The third-order valence-corrected chi connectivity index (χ3v) is 3.68. The molecule has 98 valence electrons. The molecule has 19 heavy (non-hydrogen) atoms. The van der Waals surface area contributed by atoms with Gasteiger partial charge in [-0.2, -0.15) is 0 Å². The van der Waals surface area contributed by atoms with E-state index in [-0.39, 0.29) is 0 Å². The van der Waals surface area contributed by atoms with Crippen LogP contribution in [-0.2, 0) is 13.0 Å². The number of anilines is 1. The first-order valence-corrected chi connectivity index (χ1v) is 6.98. The van der Waals surface area contributed by atoms with Crippen LogP contribution in [0.5, 0.6) is 0 Å². The molecule has 0 aliphatic heterocycles. The second kappa shape index (κ2) is 4.97. The Kier molecular flexibility index (Phi) is 3.16. The van der Waals surface area contributed by atoms with Crippen LogP contribution in [0.25, 0.3) is 10.2 Å². The fourth-order valence-electron chi connectivity index (χ4n) is 1.83. The van der Waals surface area contributed by atoms with Gasteiger partial charge in [-0.15, -0.1) is 21.5 Å². The summed E-state index contributed by atoms with van der Waals surface area (Å²) in [6.07, 6.45) is 0.763. The van der Waals surface area contributed by atoms with Gasteiger partial charge in [-0.25, -0.2) is 4.98 Å². The van der Waals surface area contributed by atoms with Crippen molar-refractivity contribution in [2.75, 3.05) is 5.32 Å². The number of hydrogen-bond donors (Lipinski definition) is 1. The van der Waals surface area contributed by atoms with Crippen molar-refractivity contribution in [3.63, 3.8) is 0 Å². The average Bonchev–Trinajstić information content (AvgIpc) is 3.00. The van der Waals surface area contributed by atoms with E-state index in [1.54, 1.807) is 11.3 Å². The van der Waals surface area contributed by atoms with Gasteiger partial charge >= 0.3 is 0 Å². The van der Waals surface area contributed by atoms with Crippen molar-refractivity contribution in [1.82, 2.24) is 15.2 Å². The molecule has 0 spiro atoms. The molecule has 0 atom stereocenters. The smallest absolute Gasteiger partial charge is 0.235 e. The summed E-state index contributed by atoms with van der Waals surface area (Å²) in [5.41, 5.74) is 2.08. The molecule has 3 rings (SSSR count). The maximum atomic E-state index is 5.45. The quantitative estimate of drug-likeness (QED) is 0.791. The molecule has 0 amide bonds. The van der Waals surface area contributed by atoms with Crippen LogP contribution < -0.4 is 5.32 Å². The predicted molar refractivity (Wildman–Crippen MR) is 75.4 cm³/mol. The van der Waals surface area contributed by atoms with Crippen LogP contribution in [0.15, 0.2) is 22.6 Å². The third-order valence-electron chi connectivity index (χ3n) is 2.75. The Morgan fingerprint density at radius 1 is 1.26 bits per heavy atom. The average molecular weight is 274 g/mol. The van der Waals surface area contributed by atoms with Crippen molar-refractivity contribution in [1.29, 1.82) is 0 Å². The second-order valence-electron chi connectivity index (χ2n) is 4.21. The summed E-state index contributed by atoms with van der Waals surface area (Å²) in [6, 6.07) is 6.13. The van der Waals surface area contributed by atoms with Gasteiger partial charge in [0, 0.05) is 12.1 Å². The standard InChI is InChI=1S/C13H14N4OS/c1-3-12-16-17-13(18-12)7-14-9-4-5-10-11(6-9)19-8(2)15-10/h4-6,14H,3,7H2,1-2H3. The molecule has 0 aliphatic rings. The third kappa shape index (κ3) is 2.58. The van der Waals surface area contributed by atoms with Crippen molar-refractivity contribution < 1.29 is 4.42 Å². The predicted octanol–water partition coefficient (Wildman–Crippen LogP) is 3.16. The Hall–Kier alpha value is -1.95. The lowest BCUT2D eigenvalue weighted by Crippen LogP contribution is -1.99. The molecule has 2 aromatic heterocycles. The summed E-state index contributed by atoms with van der Waals surface area (Å²) in [5, 5.41) is 12.3. The van der Waals surface area contributed by atoms with Crippen molar-refractivity contribution in [2.45, 2.75) is 26.8 Å². The largest absolute Gasteiger partial charge is 0.423 e. The lowest BCUT2D eigenvalue weighted by Gasteiger charge is -2.02. The van der Waals surface area contributed by atoms with Gasteiger partial charge in [-0.05, 0) is 25.1 Å². The van der Waals surface area contributed by atoms with Crippen LogP contribution in [0.4, 0.5) is 5.69 Å². The Bertz CT molecular complexity index is 704. The Morgan fingerprint density at radius 3 is 2.89 bits per heavy atom. The monoisotopic (exact) mass is 274 g/mol. The SMILES string of the molecule is CCc1nnc(CNc2ccc3nc(C)sc3c2)o1. The number of benzene rings is 1. The maximum absolute atomic E-state index is 5.45. The van der Waals surface area contributed by atoms with Gasteiger partial charge in [0.2, 0.25) is 11.8 Å². The van der Waals surface area contributed by atoms with Gasteiger partial charge in [0.1, 0.15) is 0 Å². The highest BCUT2D eigenvalue weighted by Gasteiger charge is 2.05. The fourth-order valence-corrected chi connectivity index (χ4v) is 2.70. The van der Waals surface area contributed by atoms with E-state index in [0.29, 0.717) is 18.3 Å². The summed E-state index contributed by atoms with van der Waals surface area (Å²) in [6.45, 7) is 4.55. The number of hydrogen-bond acceptors (Lipinski definition) is 6. The molecule has 2 heterocycles. The zero-order valence-electron chi connectivity index (χ0n) is 10.8. The molecule has 3 aromatic rings. The summed E-state index contributed by atoms with van der Waals surface area (Å²) in [5.74, 6) is 1.28. The summed E-state index contributed by atoms with van der Waals surface area (Å²) < 4.78 is 6.63. The van der Waals surface area contributed by atoms with Crippen molar-refractivity contribution in [3.05, 3.63) is 35.0 Å². The first kappa shape index (κ1) is 12.1. The molecule has 5 nitrogen and oxygen atoms in total. The van der Waals surface area contributed by atoms with Gasteiger partial charge < -0.3 is 9.73 Å². The van der Waals surface area contributed by atoms with Crippen LogP contribution in [0, 0.1) is 6.92 Å². The Morgan fingerprint density at radius 2 is 2.11 bits per heavy atom. The highest BCUT2D eigenvalue weighted by Crippen LogP contribution is 2.24. The van der Waals surface area contributed by atoms with Gasteiger partial charge in [0.05, 0.1) is 21.8 Å². The normalized spacial score (nSPS) is 11.1. The van der Waals surface area contributed by atoms with E-state index in [0.717, 1.165) is 22.6 Å². The van der Waals surface area contributed by atoms with Crippen LogP contribution in [0.2, 0.25) is 0 Å². The van der Waals surface area contributed by atoms with E-state index in [9.17, 15) is 0 Å². The van der Waals surface area contributed by atoms with Gasteiger partial charge in [-0.1, -0.05) is 6.92 Å². The maximum Gasteiger partial charge on any atom is 0.235 e. The van der Waals surface area contributed by atoms with Gasteiger partial charge in [-0.3, -0.25) is 0 Å². The molecule has 0 radical (unpaired) electrons. The lowest BCUT2D eigenvalue weighted by atomic mass is 10.3. The zero-order chi connectivity index (χ0) is 13.2. The number of nitrogens with zero attached hydrogens (tertiary/aromatic N) is 3. The number of aryl methyl sites for hydroxylation is 2. The van der Waals surface area contributed by atoms with E-state index in [1.807, 2.05) is 26.0 Å². The summed E-state index contributed by atoms with van der Waals surface area (Å²) >= 11 is 1.69. The first-order chi connectivity index (χ1) is 9.24. The Balaban J connectivity index is 1.73. The van der Waals surface area contributed by atoms with Gasteiger partial charge in [0.15, 0.2) is 0 Å². The van der Waals surface area contributed by atoms with Crippen LogP contribution in [0.1, 0.15) is 23.7 Å².